The molecule has 108 valence electrons. The van der Waals surface area contributed by atoms with Gasteiger partial charge in [0.2, 0.25) is 0 Å². The van der Waals surface area contributed by atoms with Crippen LogP contribution in [0.1, 0.15) is 72.6 Å². The SMILES string of the molecule is CC(C)CNC(C)(CC(C)N)CC1CCCCC1. The van der Waals surface area contributed by atoms with Gasteiger partial charge < -0.3 is 11.1 Å². The molecule has 0 amide bonds. The molecule has 2 unspecified atom stereocenters. The number of nitrogens with one attached hydrogen (secondary N) is 1. The number of hydrogen-bond acceptors (Lipinski definition) is 2. The van der Waals surface area contributed by atoms with Gasteiger partial charge in [-0.2, -0.15) is 0 Å². The summed E-state index contributed by atoms with van der Waals surface area (Å²) in [5, 5.41) is 3.79. The molecule has 1 saturated carbocycles. The van der Waals surface area contributed by atoms with Crippen LogP contribution in [0.15, 0.2) is 0 Å². The van der Waals surface area contributed by atoms with Crippen LogP contribution in [0.3, 0.4) is 0 Å². The first-order chi connectivity index (χ1) is 8.41. The highest BCUT2D eigenvalue weighted by molar-refractivity contribution is 4.89. The highest BCUT2D eigenvalue weighted by Crippen LogP contribution is 2.32. The van der Waals surface area contributed by atoms with Crippen molar-refractivity contribution in [2.75, 3.05) is 6.54 Å². The van der Waals surface area contributed by atoms with Crippen molar-refractivity contribution in [3.05, 3.63) is 0 Å². The minimum Gasteiger partial charge on any atom is -0.328 e. The molecule has 1 aliphatic rings. The molecule has 0 aromatic heterocycles. The summed E-state index contributed by atoms with van der Waals surface area (Å²) in [5.74, 6) is 1.63. The molecule has 0 aliphatic heterocycles. The van der Waals surface area contributed by atoms with Crippen molar-refractivity contribution in [2.45, 2.75) is 84.2 Å². The van der Waals surface area contributed by atoms with Gasteiger partial charge in [-0.3, -0.25) is 0 Å². The monoisotopic (exact) mass is 254 g/mol. The third kappa shape index (κ3) is 6.19. The first kappa shape index (κ1) is 16.0. The second-order valence-electron chi connectivity index (χ2n) is 7.22. The Labute approximate surface area is 114 Å². The maximum atomic E-state index is 6.05. The Balaban J connectivity index is 2.51. The summed E-state index contributed by atoms with van der Waals surface area (Å²) >= 11 is 0. The lowest BCUT2D eigenvalue weighted by Crippen LogP contribution is -2.48. The largest absolute Gasteiger partial charge is 0.328 e. The predicted octanol–water partition coefficient (Wildman–Crippen LogP) is 3.70. The fourth-order valence-electron chi connectivity index (χ4n) is 3.42. The molecule has 18 heavy (non-hydrogen) atoms. The molecule has 0 spiro atoms. The highest BCUT2D eigenvalue weighted by Gasteiger charge is 2.29. The van der Waals surface area contributed by atoms with Crippen molar-refractivity contribution in [2.24, 2.45) is 17.6 Å². The van der Waals surface area contributed by atoms with E-state index in [4.69, 9.17) is 5.73 Å². The Kier molecular flexibility index (Phi) is 6.65. The van der Waals surface area contributed by atoms with Gasteiger partial charge in [-0.25, -0.2) is 0 Å². The molecular formula is C16H34N2. The maximum absolute atomic E-state index is 6.05. The van der Waals surface area contributed by atoms with Crippen LogP contribution in [-0.2, 0) is 0 Å². The van der Waals surface area contributed by atoms with Crippen LogP contribution >= 0.6 is 0 Å². The fourth-order valence-corrected chi connectivity index (χ4v) is 3.42. The second kappa shape index (κ2) is 7.49. The molecule has 0 bridgehead atoms. The molecule has 0 saturated heterocycles. The highest BCUT2D eigenvalue weighted by atomic mass is 15.0. The topological polar surface area (TPSA) is 38.0 Å². The Morgan fingerprint density at radius 2 is 1.78 bits per heavy atom. The first-order valence-corrected chi connectivity index (χ1v) is 7.92. The minimum atomic E-state index is 0.237. The summed E-state index contributed by atoms with van der Waals surface area (Å²) in [6.07, 6.45) is 9.57. The van der Waals surface area contributed by atoms with Crippen LogP contribution in [-0.4, -0.2) is 18.1 Å². The average molecular weight is 254 g/mol. The van der Waals surface area contributed by atoms with E-state index in [0.717, 1.165) is 18.9 Å². The minimum absolute atomic E-state index is 0.237. The van der Waals surface area contributed by atoms with E-state index in [-0.39, 0.29) is 5.54 Å². The van der Waals surface area contributed by atoms with E-state index in [1.165, 1.54) is 38.5 Å². The van der Waals surface area contributed by atoms with E-state index in [1.807, 2.05) is 0 Å². The predicted molar refractivity (Wildman–Crippen MR) is 80.7 cm³/mol. The molecule has 0 heterocycles. The second-order valence-corrected chi connectivity index (χ2v) is 7.22. The van der Waals surface area contributed by atoms with Crippen molar-refractivity contribution >= 4 is 0 Å². The average Bonchev–Trinajstić information content (AvgIpc) is 2.27. The maximum Gasteiger partial charge on any atom is 0.0170 e. The van der Waals surface area contributed by atoms with Crippen molar-refractivity contribution in [3.8, 4) is 0 Å². The van der Waals surface area contributed by atoms with Crippen LogP contribution in [0, 0.1) is 11.8 Å². The van der Waals surface area contributed by atoms with Gasteiger partial charge in [0.15, 0.2) is 0 Å². The van der Waals surface area contributed by atoms with Gasteiger partial charge in [-0.15, -0.1) is 0 Å². The van der Waals surface area contributed by atoms with Gasteiger partial charge in [0, 0.05) is 11.6 Å². The number of rotatable bonds is 7. The Bertz CT molecular complexity index is 219. The molecule has 2 heteroatoms. The lowest BCUT2D eigenvalue weighted by Gasteiger charge is -2.38. The fraction of sp³-hybridized carbons (Fsp3) is 1.00. The molecule has 2 atom stereocenters. The van der Waals surface area contributed by atoms with E-state index < -0.39 is 0 Å². The van der Waals surface area contributed by atoms with Crippen LogP contribution in [0.2, 0.25) is 0 Å². The molecule has 0 aromatic rings. The lowest BCUT2D eigenvalue weighted by molar-refractivity contribution is 0.207. The molecule has 0 radical (unpaired) electrons. The third-order valence-corrected chi connectivity index (χ3v) is 4.17. The van der Waals surface area contributed by atoms with Gasteiger partial charge in [0.05, 0.1) is 0 Å². The summed E-state index contributed by atoms with van der Waals surface area (Å²) in [6.45, 7) is 10.2. The molecule has 2 nitrogen and oxygen atoms in total. The zero-order chi connectivity index (χ0) is 13.6. The van der Waals surface area contributed by atoms with Crippen LogP contribution in [0.4, 0.5) is 0 Å². The van der Waals surface area contributed by atoms with E-state index >= 15 is 0 Å². The lowest BCUT2D eigenvalue weighted by atomic mass is 9.77. The van der Waals surface area contributed by atoms with Crippen molar-refractivity contribution in [1.29, 1.82) is 0 Å². The summed E-state index contributed by atoms with van der Waals surface area (Å²) in [4.78, 5) is 0. The van der Waals surface area contributed by atoms with E-state index in [0.29, 0.717) is 12.0 Å². The van der Waals surface area contributed by atoms with Crippen LogP contribution in [0.25, 0.3) is 0 Å². The van der Waals surface area contributed by atoms with Gasteiger partial charge in [-0.05, 0) is 45.1 Å². The number of hydrogen-bond donors (Lipinski definition) is 2. The van der Waals surface area contributed by atoms with Crippen LogP contribution in [0.5, 0.6) is 0 Å². The normalized spacial score (nSPS) is 23.0. The molecule has 1 aliphatic carbocycles. The molecule has 0 aromatic carbocycles. The Hall–Kier alpha value is -0.0800. The molecule has 1 rings (SSSR count). The summed E-state index contributed by atoms with van der Waals surface area (Å²) in [5.41, 5.74) is 6.29. The van der Waals surface area contributed by atoms with Crippen molar-refractivity contribution < 1.29 is 0 Å². The van der Waals surface area contributed by atoms with Gasteiger partial charge in [0.25, 0.3) is 0 Å². The van der Waals surface area contributed by atoms with Gasteiger partial charge in [-0.1, -0.05) is 46.0 Å². The van der Waals surface area contributed by atoms with Crippen molar-refractivity contribution in [1.82, 2.24) is 5.32 Å². The Morgan fingerprint density at radius 1 is 1.17 bits per heavy atom. The van der Waals surface area contributed by atoms with E-state index in [2.05, 4.69) is 33.0 Å². The number of nitrogens with two attached hydrogens (primary N) is 1. The molecular weight excluding hydrogens is 220 g/mol. The zero-order valence-electron chi connectivity index (χ0n) is 13.0. The quantitative estimate of drug-likeness (QED) is 0.727. The van der Waals surface area contributed by atoms with Crippen molar-refractivity contribution in [3.63, 3.8) is 0 Å². The summed E-state index contributed by atoms with van der Waals surface area (Å²) in [6, 6.07) is 0.290. The Morgan fingerprint density at radius 3 is 2.28 bits per heavy atom. The standard InChI is InChI=1S/C16H34N2/c1-13(2)12-18-16(4,10-14(3)17)11-15-8-6-5-7-9-15/h13-15,18H,5-12,17H2,1-4H3. The van der Waals surface area contributed by atoms with E-state index in [9.17, 15) is 0 Å². The van der Waals surface area contributed by atoms with Gasteiger partial charge >= 0.3 is 0 Å². The molecule has 3 N–H and O–H groups in total. The third-order valence-electron chi connectivity index (χ3n) is 4.17. The summed E-state index contributed by atoms with van der Waals surface area (Å²) in [7, 11) is 0. The van der Waals surface area contributed by atoms with Crippen LogP contribution < -0.4 is 11.1 Å². The zero-order valence-corrected chi connectivity index (χ0v) is 13.0. The molecule has 1 fully saturated rings. The smallest absolute Gasteiger partial charge is 0.0170 e. The van der Waals surface area contributed by atoms with E-state index in [1.54, 1.807) is 0 Å². The summed E-state index contributed by atoms with van der Waals surface area (Å²) < 4.78 is 0. The van der Waals surface area contributed by atoms with Gasteiger partial charge in [0.1, 0.15) is 0 Å². The first-order valence-electron chi connectivity index (χ1n) is 7.92.